The van der Waals surface area contributed by atoms with Gasteiger partial charge in [0.15, 0.2) is 0 Å². The third kappa shape index (κ3) is 2.18. The molecule has 1 aliphatic carbocycles. The Morgan fingerprint density at radius 3 is 2.53 bits per heavy atom. The van der Waals surface area contributed by atoms with Gasteiger partial charge in [0.2, 0.25) is 0 Å². The summed E-state index contributed by atoms with van der Waals surface area (Å²) in [4.78, 5) is 23.2. The molecule has 94 valence electrons. The fourth-order valence-corrected chi connectivity index (χ4v) is 1.77. The maximum Gasteiger partial charge on any atom is 0.330 e. The number of aromatic nitrogens is 2. The van der Waals surface area contributed by atoms with Crippen molar-refractivity contribution in [2.75, 3.05) is 6.61 Å². The minimum absolute atomic E-state index is 0.0891. The highest BCUT2D eigenvalue weighted by atomic mass is 16.3. The highest BCUT2D eigenvalue weighted by molar-refractivity contribution is 5.07. The Bertz CT molecular complexity index is 540. The van der Waals surface area contributed by atoms with Crippen LogP contribution in [0.5, 0.6) is 0 Å². The minimum atomic E-state index is -0.330. The van der Waals surface area contributed by atoms with E-state index in [0.717, 1.165) is 17.4 Å². The normalized spacial score (nSPS) is 17.1. The molecule has 0 unspecified atom stereocenters. The molecule has 2 N–H and O–H groups in total. The Morgan fingerprint density at radius 1 is 1.35 bits per heavy atom. The Morgan fingerprint density at radius 2 is 2.00 bits per heavy atom. The monoisotopic (exact) mass is 239 g/mol. The van der Waals surface area contributed by atoms with Crippen LogP contribution in [0, 0.1) is 0 Å². The lowest BCUT2D eigenvalue weighted by Crippen LogP contribution is -2.41. The Labute approximate surface area is 98.5 Å². The smallest absolute Gasteiger partial charge is 0.330 e. The Kier molecular flexibility index (Phi) is 2.92. The number of rotatable bonds is 4. The van der Waals surface area contributed by atoms with Gasteiger partial charge >= 0.3 is 5.69 Å². The number of hydrogen-bond acceptors (Lipinski definition) is 4. The van der Waals surface area contributed by atoms with Crippen LogP contribution in [-0.4, -0.2) is 26.4 Å². The zero-order chi connectivity index (χ0) is 12.6. The van der Waals surface area contributed by atoms with Crippen molar-refractivity contribution < 1.29 is 5.11 Å². The van der Waals surface area contributed by atoms with Crippen LogP contribution >= 0.6 is 0 Å². The third-order valence-corrected chi connectivity index (χ3v) is 3.43. The number of hydrogen-bond donors (Lipinski definition) is 2. The molecule has 1 saturated carbocycles. The van der Waals surface area contributed by atoms with Crippen LogP contribution in [-0.2, 0) is 20.6 Å². The van der Waals surface area contributed by atoms with Gasteiger partial charge in [-0.15, -0.1) is 0 Å². The molecule has 1 aromatic rings. The topological polar surface area (TPSA) is 76.3 Å². The fraction of sp³-hybridized carbons (Fsp3) is 0.636. The van der Waals surface area contributed by atoms with E-state index in [0.29, 0.717) is 12.2 Å². The molecular weight excluding hydrogens is 222 g/mol. The quantitative estimate of drug-likeness (QED) is 0.684. The van der Waals surface area contributed by atoms with Gasteiger partial charge in [-0.25, -0.2) is 4.79 Å². The largest absolute Gasteiger partial charge is 0.394 e. The first-order valence-electron chi connectivity index (χ1n) is 5.61. The van der Waals surface area contributed by atoms with E-state index in [1.54, 1.807) is 7.05 Å². The van der Waals surface area contributed by atoms with Crippen molar-refractivity contribution in [1.29, 1.82) is 0 Å². The molecule has 0 amide bonds. The van der Waals surface area contributed by atoms with Gasteiger partial charge in [-0.2, -0.15) is 0 Å². The number of nitrogens with one attached hydrogen (secondary N) is 1. The van der Waals surface area contributed by atoms with Crippen LogP contribution in [0.25, 0.3) is 0 Å². The minimum Gasteiger partial charge on any atom is -0.394 e. The summed E-state index contributed by atoms with van der Waals surface area (Å²) >= 11 is 0. The first-order valence-corrected chi connectivity index (χ1v) is 5.61. The zero-order valence-electron chi connectivity index (χ0n) is 10.1. The van der Waals surface area contributed by atoms with Crippen LogP contribution in [0.1, 0.15) is 18.5 Å². The van der Waals surface area contributed by atoms with Gasteiger partial charge in [0.25, 0.3) is 5.56 Å². The summed E-state index contributed by atoms with van der Waals surface area (Å²) in [5.41, 5.74) is -0.198. The molecule has 1 aliphatic rings. The molecular formula is C11H17N3O3. The first-order chi connectivity index (χ1) is 7.99. The second kappa shape index (κ2) is 4.12. The second-order valence-corrected chi connectivity index (χ2v) is 4.67. The van der Waals surface area contributed by atoms with Gasteiger partial charge in [-0.3, -0.25) is 13.9 Å². The van der Waals surface area contributed by atoms with Gasteiger partial charge < -0.3 is 10.4 Å². The zero-order valence-corrected chi connectivity index (χ0v) is 10.1. The van der Waals surface area contributed by atoms with Crippen LogP contribution in [0.4, 0.5) is 0 Å². The van der Waals surface area contributed by atoms with E-state index in [9.17, 15) is 9.59 Å². The molecule has 2 rings (SSSR count). The van der Waals surface area contributed by atoms with E-state index in [2.05, 4.69) is 5.32 Å². The molecule has 6 nitrogen and oxygen atoms in total. The lowest BCUT2D eigenvalue weighted by molar-refractivity contribution is 0.228. The van der Waals surface area contributed by atoms with Gasteiger partial charge in [-0.05, 0) is 12.8 Å². The molecule has 0 aliphatic heterocycles. The first kappa shape index (κ1) is 12.1. The SMILES string of the molecule is Cn1c(CNC2(CO)CC2)cc(=O)n(C)c1=O. The second-order valence-electron chi connectivity index (χ2n) is 4.67. The molecule has 6 heteroatoms. The van der Waals surface area contributed by atoms with Crippen LogP contribution < -0.4 is 16.6 Å². The van der Waals surface area contributed by atoms with Gasteiger partial charge in [0.05, 0.1) is 6.61 Å². The molecule has 0 radical (unpaired) electrons. The van der Waals surface area contributed by atoms with E-state index in [1.807, 2.05) is 0 Å². The molecule has 0 spiro atoms. The predicted molar refractivity (Wildman–Crippen MR) is 62.8 cm³/mol. The summed E-state index contributed by atoms with van der Waals surface area (Å²) < 4.78 is 2.52. The van der Waals surface area contributed by atoms with Crippen LogP contribution in [0.15, 0.2) is 15.7 Å². The molecule has 0 saturated heterocycles. The predicted octanol–water partition coefficient (Wildman–Crippen LogP) is -1.30. The maximum atomic E-state index is 11.7. The number of aliphatic hydroxyl groups is 1. The molecule has 0 bridgehead atoms. The fourth-order valence-electron chi connectivity index (χ4n) is 1.77. The van der Waals surface area contributed by atoms with E-state index < -0.39 is 0 Å². The highest BCUT2D eigenvalue weighted by Crippen LogP contribution is 2.34. The third-order valence-electron chi connectivity index (χ3n) is 3.43. The summed E-state index contributed by atoms with van der Waals surface area (Å²) in [6.45, 7) is 0.508. The molecule has 17 heavy (non-hydrogen) atoms. The van der Waals surface area contributed by atoms with Crippen molar-refractivity contribution in [3.63, 3.8) is 0 Å². The molecule has 1 aromatic heterocycles. The molecule has 0 aromatic carbocycles. The average molecular weight is 239 g/mol. The number of aliphatic hydroxyl groups excluding tert-OH is 1. The standard InChI is InChI=1S/C11H17N3O3/c1-13-8(5-9(16)14(2)10(13)17)6-12-11(7-15)3-4-11/h5,12,15H,3-4,6-7H2,1-2H3. The molecule has 1 heterocycles. The van der Waals surface area contributed by atoms with Crippen molar-refractivity contribution in [2.24, 2.45) is 14.1 Å². The lowest BCUT2D eigenvalue weighted by atomic mass is 10.2. The Hall–Kier alpha value is -1.40. The van der Waals surface area contributed by atoms with Gasteiger partial charge in [0.1, 0.15) is 0 Å². The van der Waals surface area contributed by atoms with E-state index >= 15 is 0 Å². The van der Waals surface area contributed by atoms with Crippen LogP contribution in [0.3, 0.4) is 0 Å². The average Bonchev–Trinajstić information content (AvgIpc) is 3.10. The summed E-state index contributed by atoms with van der Waals surface area (Å²) in [6, 6.07) is 1.45. The van der Waals surface area contributed by atoms with E-state index in [1.165, 1.54) is 17.7 Å². The van der Waals surface area contributed by atoms with Crippen molar-refractivity contribution in [2.45, 2.75) is 24.9 Å². The lowest BCUT2D eigenvalue weighted by Gasteiger charge is -2.16. The number of nitrogens with zero attached hydrogens (tertiary/aromatic N) is 2. The summed E-state index contributed by atoms with van der Waals surface area (Å²) in [7, 11) is 3.09. The summed E-state index contributed by atoms with van der Waals surface area (Å²) in [5, 5.41) is 12.4. The molecule has 1 fully saturated rings. The van der Waals surface area contributed by atoms with Gasteiger partial charge in [-0.1, -0.05) is 0 Å². The molecule has 0 atom stereocenters. The van der Waals surface area contributed by atoms with Crippen molar-refractivity contribution in [3.05, 3.63) is 32.6 Å². The summed E-state index contributed by atoms with van der Waals surface area (Å²) in [5.74, 6) is 0. The van der Waals surface area contributed by atoms with E-state index in [4.69, 9.17) is 5.11 Å². The van der Waals surface area contributed by atoms with Gasteiger partial charge in [0, 0.05) is 37.9 Å². The summed E-state index contributed by atoms with van der Waals surface area (Å²) in [6.07, 6.45) is 1.87. The maximum absolute atomic E-state index is 11.7. The highest BCUT2D eigenvalue weighted by Gasteiger charge is 2.41. The Balaban J connectivity index is 2.22. The van der Waals surface area contributed by atoms with Crippen molar-refractivity contribution in [1.82, 2.24) is 14.5 Å². The van der Waals surface area contributed by atoms with E-state index in [-0.39, 0.29) is 23.4 Å². The van der Waals surface area contributed by atoms with Crippen LogP contribution in [0.2, 0.25) is 0 Å². The van der Waals surface area contributed by atoms with Crippen molar-refractivity contribution >= 4 is 0 Å². The van der Waals surface area contributed by atoms with Crippen molar-refractivity contribution in [3.8, 4) is 0 Å².